The first-order valence-electron chi connectivity index (χ1n) is 6.64. The molecule has 2 heterocycles. The molecule has 104 valence electrons. The molecule has 5 heteroatoms. The molecule has 1 aromatic heterocycles. The van der Waals surface area contributed by atoms with Crippen LogP contribution in [0.2, 0.25) is 0 Å². The lowest BCUT2D eigenvalue weighted by Crippen LogP contribution is -2.47. The highest BCUT2D eigenvalue weighted by molar-refractivity contribution is 5.81. The van der Waals surface area contributed by atoms with Gasteiger partial charge in [-0.2, -0.15) is 0 Å². The number of aryl methyl sites for hydroxylation is 1. The van der Waals surface area contributed by atoms with E-state index in [-0.39, 0.29) is 11.5 Å². The van der Waals surface area contributed by atoms with Crippen molar-refractivity contribution >= 4 is 16.9 Å². The molecule has 20 heavy (non-hydrogen) atoms. The maximum absolute atomic E-state index is 11.7. The first kappa shape index (κ1) is 12.9. The van der Waals surface area contributed by atoms with Gasteiger partial charge < -0.3 is 9.73 Å². The van der Waals surface area contributed by atoms with Crippen LogP contribution in [0.4, 0.5) is 0 Å². The molecule has 1 fully saturated rings. The zero-order chi connectivity index (χ0) is 14.1. The van der Waals surface area contributed by atoms with Crippen LogP contribution in [-0.4, -0.2) is 30.4 Å². The van der Waals surface area contributed by atoms with Crippen LogP contribution in [0.15, 0.2) is 33.5 Å². The molecule has 0 aliphatic carbocycles. The standard InChI is InChI=1S/C15H16N2O3/c1-10-2-3-12-11(7-15(19)20-13(12)6-10)8-17-5-4-16-14(18)9-17/h2-3,6-7H,4-5,8-9H2,1H3,(H,16,18). The predicted octanol–water partition coefficient (Wildman–Crippen LogP) is 1.03. The van der Waals surface area contributed by atoms with Crippen molar-refractivity contribution in [3.8, 4) is 0 Å². The Morgan fingerprint density at radius 3 is 2.95 bits per heavy atom. The Hall–Kier alpha value is -2.14. The van der Waals surface area contributed by atoms with Gasteiger partial charge in [0.2, 0.25) is 5.91 Å². The predicted molar refractivity (Wildman–Crippen MR) is 75.5 cm³/mol. The van der Waals surface area contributed by atoms with Gasteiger partial charge in [-0.05, 0) is 24.1 Å². The monoisotopic (exact) mass is 272 g/mol. The normalized spacial score (nSPS) is 16.4. The number of nitrogens with one attached hydrogen (secondary N) is 1. The Morgan fingerprint density at radius 2 is 2.15 bits per heavy atom. The molecule has 1 saturated heterocycles. The molecule has 1 aromatic carbocycles. The van der Waals surface area contributed by atoms with Crippen molar-refractivity contribution < 1.29 is 9.21 Å². The molecule has 0 unspecified atom stereocenters. The molecule has 2 aromatic rings. The minimum absolute atomic E-state index is 0.0272. The Kier molecular flexibility index (Phi) is 3.28. The van der Waals surface area contributed by atoms with Crippen molar-refractivity contribution in [2.45, 2.75) is 13.5 Å². The largest absolute Gasteiger partial charge is 0.423 e. The highest BCUT2D eigenvalue weighted by atomic mass is 16.4. The summed E-state index contributed by atoms with van der Waals surface area (Å²) < 4.78 is 5.24. The quantitative estimate of drug-likeness (QED) is 0.830. The molecule has 1 aliphatic heterocycles. The number of carbonyl (C=O) groups excluding carboxylic acids is 1. The van der Waals surface area contributed by atoms with E-state index in [2.05, 4.69) is 5.32 Å². The third-order valence-corrected chi connectivity index (χ3v) is 3.50. The highest BCUT2D eigenvalue weighted by Gasteiger charge is 2.17. The van der Waals surface area contributed by atoms with Crippen molar-refractivity contribution in [3.05, 3.63) is 45.8 Å². The molecule has 0 spiro atoms. The van der Waals surface area contributed by atoms with Gasteiger partial charge in [0.25, 0.3) is 0 Å². The van der Waals surface area contributed by atoms with E-state index in [9.17, 15) is 9.59 Å². The number of rotatable bonds is 2. The number of hydrogen-bond donors (Lipinski definition) is 1. The third kappa shape index (κ3) is 2.58. The summed E-state index contributed by atoms with van der Waals surface area (Å²) >= 11 is 0. The van der Waals surface area contributed by atoms with Crippen LogP contribution in [0, 0.1) is 6.92 Å². The van der Waals surface area contributed by atoms with E-state index in [1.54, 1.807) is 0 Å². The second-order valence-corrected chi connectivity index (χ2v) is 5.15. The Labute approximate surface area is 116 Å². The summed E-state index contributed by atoms with van der Waals surface area (Å²) in [5, 5.41) is 3.72. The average molecular weight is 272 g/mol. The Morgan fingerprint density at radius 1 is 1.30 bits per heavy atom. The number of nitrogens with zero attached hydrogens (tertiary/aromatic N) is 1. The van der Waals surface area contributed by atoms with Crippen LogP contribution < -0.4 is 10.9 Å². The smallest absolute Gasteiger partial charge is 0.336 e. The fourth-order valence-corrected chi connectivity index (χ4v) is 2.54. The lowest BCUT2D eigenvalue weighted by Gasteiger charge is -2.26. The van der Waals surface area contributed by atoms with Crippen molar-refractivity contribution in [1.82, 2.24) is 10.2 Å². The van der Waals surface area contributed by atoms with Crippen LogP contribution in [-0.2, 0) is 11.3 Å². The highest BCUT2D eigenvalue weighted by Crippen LogP contribution is 2.20. The van der Waals surface area contributed by atoms with E-state index in [1.807, 2.05) is 30.0 Å². The van der Waals surface area contributed by atoms with E-state index >= 15 is 0 Å². The average Bonchev–Trinajstić information content (AvgIpc) is 2.37. The summed E-state index contributed by atoms with van der Waals surface area (Å²) in [6.07, 6.45) is 0. The van der Waals surface area contributed by atoms with Crippen molar-refractivity contribution in [1.29, 1.82) is 0 Å². The SMILES string of the molecule is Cc1ccc2c(CN3CCNC(=O)C3)cc(=O)oc2c1. The summed E-state index contributed by atoms with van der Waals surface area (Å²) in [5.41, 5.74) is 2.22. The Bertz CT molecular complexity index is 721. The van der Waals surface area contributed by atoms with Gasteiger partial charge in [-0.25, -0.2) is 4.79 Å². The molecule has 3 rings (SSSR count). The minimum Gasteiger partial charge on any atom is -0.423 e. The Balaban J connectivity index is 1.98. The van der Waals surface area contributed by atoms with Crippen molar-refractivity contribution in [3.63, 3.8) is 0 Å². The topological polar surface area (TPSA) is 62.6 Å². The lowest BCUT2D eigenvalue weighted by molar-refractivity contribution is -0.124. The van der Waals surface area contributed by atoms with Gasteiger partial charge in [0.15, 0.2) is 0 Å². The van der Waals surface area contributed by atoms with Gasteiger partial charge in [0.05, 0.1) is 6.54 Å². The van der Waals surface area contributed by atoms with Crippen LogP contribution in [0.5, 0.6) is 0 Å². The molecule has 1 aliphatic rings. The molecular weight excluding hydrogens is 256 g/mol. The number of fused-ring (bicyclic) bond motifs is 1. The first-order chi connectivity index (χ1) is 9.61. The van der Waals surface area contributed by atoms with Gasteiger partial charge in [-0.15, -0.1) is 0 Å². The van der Waals surface area contributed by atoms with E-state index in [1.165, 1.54) is 6.07 Å². The van der Waals surface area contributed by atoms with E-state index in [0.717, 1.165) is 23.1 Å². The van der Waals surface area contributed by atoms with E-state index in [0.29, 0.717) is 25.2 Å². The number of carbonyl (C=O) groups is 1. The summed E-state index contributed by atoms with van der Waals surface area (Å²) in [4.78, 5) is 25.1. The summed E-state index contributed by atoms with van der Waals surface area (Å²) in [6, 6.07) is 7.34. The zero-order valence-electron chi connectivity index (χ0n) is 11.3. The summed E-state index contributed by atoms with van der Waals surface area (Å²) in [5.74, 6) is 0.0272. The molecule has 0 radical (unpaired) electrons. The van der Waals surface area contributed by atoms with Crippen LogP contribution in [0.3, 0.4) is 0 Å². The molecule has 0 atom stereocenters. The second kappa shape index (κ2) is 5.09. The summed E-state index contributed by atoms with van der Waals surface area (Å²) in [7, 11) is 0. The fourth-order valence-electron chi connectivity index (χ4n) is 2.54. The van der Waals surface area contributed by atoms with E-state index in [4.69, 9.17) is 4.42 Å². The van der Waals surface area contributed by atoms with E-state index < -0.39 is 0 Å². The molecular formula is C15H16N2O3. The van der Waals surface area contributed by atoms with Gasteiger partial charge in [0, 0.05) is 31.1 Å². The molecule has 0 saturated carbocycles. The van der Waals surface area contributed by atoms with Gasteiger partial charge in [0.1, 0.15) is 5.58 Å². The van der Waals surface area contributed by atoms with Crippen LogP contribution in [0.25, 0.3) is 11.0 Å². The molecule has 0 bridgehead atoms. The van der Waals surface area contributed by atoms with Crippen molar-refractivity contribution in [2.24, 2.45) is 0 Å². The first-order valence-corrected chi connectivity index (χ1v) is 6.64. The fraction of sp³-hybridized carbons (Fsp3) is 0.333. The van der Waals surface area contributed by atoms with Crippen LogP contribution in [0.1, 0.15) is 11.1 Å². The number of hydrogen-bond acceptors (Lipinski definition) is 4. The van der Waals surface area contributed by atoms with Crippen LogP contribution >= 0.6 is 0 Å². The second-order valence-electron chi connectivity index (χ2n) is 5.15. The van der Waals surface area contributed by atoms with Gasteiger partial charge in [-0.3, -0.25) is 9.69 Å². The minimum atomic E-state index is -0.348. The molecule has 1 amide bonds. The number of piperazine rings is 1. The lowest BCUT2D eigenvalue weighted by atomic mass is 10.1. The third-order valence-electron chi connectivity index (χ3n) is 3.50. The maximum atomic E-state index is 11.7. The van der Waals surface area contributed by atoms with Gasteiger partial charge >= 0.3 is 5.63 Å². The number of benzene rings is 1. The zero-order valence-corrected chi connectivity index (χ0v) is 11.3. The van der Waals surface area contributed by atoms with Gasteiger partial charge in [-0.1, -0.05) is 12.1 Å². The maximum Gasteiger partial charge on any atom is 0.336 e. The molecule has 1 N–H and O–H groups in total. The van der Waals surface area contributed by atoms with Crippen molar-refractivity contribution in [2.75, 3.05) is 19.6 Å². The number of amides is 1. The summed E-state index contributed by atoms with van der Waals surface area (Å²) in [6.45, 7) is 4.35. The molecule has 5 nitrogen and oxygen atoms in total.